The zero-order chi connectivity index (χ0) is 17.2. The molecule has 0 saturated carbocycles. The summed E-state index contributed by atoms with van der Waals surface area (Å²) in [5, 5.41) is 5.98. The second-order valence-corrected chi connectivity index (χ2v) is 7.64. The topological polar surface area (TPSA) is 57.3 Å². The van der Waals surface area contributed by atoms with Gasteiger partial charge >= 0.3 is 5.97 Å². The van der Waals surface area contributed by atoms with Crippen LogP contribution in [0.4, 0.5) is 0 Å². The molecule has 3 heterocycles. The van der Waals surface area contributed by atoms with Crippen LogP contribution in [0.5, 0.6) is 0 Å². The number of nitrogens with zero attached hydrogens (tertiary/aromatic N) is 2. The summed E-state index contributed by atoms with van der Waals surface area (Å²) in [6, 6.07) is 9.48. The maximum atomic E-state index is 12.3. The number of aromatic nitrogens is 2. The zero-order valence-electron chi connectivity index (χ0n) is 14.0. The van der Waals surface area contributed by atoms with Gasteiger partial charge in [-0.3, -0.25) is 0 Å². The molecule has 3 aromatic rings. The Hall–Kier alpha value is -2.34. The average Bonchev–Trinajstić information content (AvgIpc) is 3.26. The monoisotopic (exact) mass is 344 g/mol. The molecule has 0 saturated heterocycles. The summed E-state index contributed by atoms with van der Waals surface area (Å²) in [6.45, 7) is 6.89. The maximum Gasteiger partial charge on any atom is 0.355 e. The van der Waals surface area contributed by atoms with Gasteiger partial charge in [-0.2, -0.15) is 0 Å². The average molecular weight is 344 g/mol. The number of hydrogen-bond acceptors (Lipinski definition) is 5. The van der Waals surface area contributed by atoms with Crippen molar-refractivity contribution < 1.29 is 14.1 Å². The van der Waals surface area contributed by atoms with Gasteiger partial charge in [-0.05, 0) is 23.6 Å². The Morgan fingerprint density at radius 2 is 2.17 bits per heavy atom. The number of ether oxygens (including phenoxy) is 1. The molecule has 0 bridgehead atoms. The molecule has 0 aliphatic heterocycles. The minimum atomic E-state index is -0.364. The molecule has 5 nitrogen and oxygen atoms in total. The standard InChI is InChI=1S/C18H20N2O3S/c1-18(2,3)16-10-13(19-23-16)12-22-17(21)15-7-4-8-20(15)11-14-6-5-9-24-14/h4-10H,11-12H2,1-3H3. The van der Waals surface area contributed by atoms with Crippen LogP contribution in [0.1, 0.15) is 47.6 Å². The first-order valence-corrected chi connectivity index (χ1v) is 8.62. The van der Waals surface area contributed by atoms with Crippen LogP contribution in [0, 0.1) is 0 Å². The zero-order valence-corrected chi connectivity index (χ0v) is 14.8. The van der Waals surface area contributed by atoms with E-state index in [2.05, 4.69) is 5.16 Å². The third-order valence-electron chi connectivity index (χ3n) is 3.59. The summed E-state index contributed by atoms with van der Waals surface area (Å²) < 4.78 is 12.6. The SMILES string of the molecule is CC(C)(C)c1cc(COC(=O)c2cccn2Cc2cccs2)no1. The number of thiophene rings is 1. The highest BCUT2D eigenvalue weighted by Gasteiger charge is 2.20. The predicted octanol–water partition coefficient (Wildman–Crippen LogP) is 4.24. The van der Waals surface area contributed by atoms with Crippen LogP contribution in [0.15, 0.2) is 46.4 Å². The van der Waals surface area contributed by atoms with Crippen LogP contribution in [0.3, 0.4) is 0 Å². The molecule has 0 unspecified atom stereocenters. The lowest BCUT2D eigenvalue weighted by Gasteiger charge is -2.12. The van der Waals surface area contributed by atoms with Crippen molar-refractivity contribution >= 4 is 17.3 Å². The summed E-state index contributed by atoms with van der Waals surface area (Å²) in [6.07, 6.45) is 1.88. The summed E-state index contributed by atoms with van der Waals surface area (Å²) in [7, 11) is 0. The van der Waals surface area contributed by atoms with Crippen molar-refractivity contribution in [2.24, 2.45) is 0 Å². The molecule has 0 aliphatic rings. The van der Waals surface area contributed by atoms with E-state index in [0.29, 0.717) is 17.9 Å². The van der Waals surface area contributed by atoms with Crippen LogP contribution >= 0.6 is 11.3 Å². The Balaban J connectivity index is 1.63. The fourth-order valence-corrected chi connectivity index (χ4v) is 2.96. The number of esters is 1. The van der Waals surface area contributed by atoms with Crippen LogP contribution in [0.25, 0.3) is 0 Å². The van der Waals surface area contributed by atoms with E-state index in [1.165, 1.54) is 4.88 Å². The van der Waals surface area contributed by atoms with Crippen molar-refractivity contribution in [1.82, 2.24) is 9.72 Å². The molecule has 24 heavy (non-hydrogen) atoms. The van der Waals surface area contributed by atoms with Gasteiger partial charge in [-0.1, -0.05) is 32.0 Å². The summed E-state index contributed by atoms with van der Waals surface area (Å²) in [5.41, 5.74) is 1.03. The van der Waals surface area contributed by atoms with E-state index in [0.717, 1.165) is 5.76 Å². The molecule has 3 aromatic heterocycles. The van der Waals surface area contributed by atoms with Gasteiger partial charge in [0.25, 0.3) is 0 Å². The van der Waals surface area contributed by atoms with Gasteiger partial charge in [0.15, 0.2) is 0 Å². The number of hydrogen-bond donors (Lipinski definition) is 0. The van der Waals surface area contributed by atoms with Crippen LogP contribution in [-0.2, 0) is 23.3 Å². The Bertz CT molecular complexity index is 810. The summed E-state index contributed by atoms with van der Waals surface area (Å²) in [4.78, 5) is 13.5. The van der Waals surface area contributed by atoms with E-state index in [1.807, 2.05) is 61.2 Å². The fraction of sp³-hybridized carbons (Fsp3) is 0.333. The van der Waals surface area contributed by atoms with E-state index >= 15 is 0 Å². The third-order valence-corrected chi connectivity index (χ3v) is 4.46. The first kappa shape index (κ1) is 16.5. The molecule has 0 radical (unpaired) electrons. The van der Waals surface area contributed by atoms with Gasteiger partial charge in [0.2, 0.25) is 0 Å². The molecule has 3 rings (SSSR count). The second-order valence-electron chi connectivity index (χ2n) is 6.61. The van der Waals surface area contributed by atoms with Gasteiger partial charge in [0.1, 0.15) is 23.8 Å². The molecule has 0 spiro atoms. The van der Waals surface area contributed by atoms with Crippen molar-refractivity contribution in [3.8, 4) is 0 Å². The molecule has 0 aliphatic carbocycles. The highest BCUT2D eigenvalue weighted by Crippen LogP contribution is 2.23. The highest BCUT2D eigenvalue weighted by atomic mass is 32.1. The van der Waals surface area contributed by atoms with E-state index in [-0.39, 0.29) is 18.0 Å². The van der Waals surface area contributed by atoms with Crippen molar-refractivity contribution in [3.63, 3.8) is 0 Å². The van der Waals surface area contributed by atoms with Crippen LogP contribution < -0.4 is 0 Å². The van der Waals surface area contributed by atoms with E-state index < -0.39 is 0 Å². The predicted molar refractivity (Wildman–Crippen MR) is 92.2 cm³/mol. The van der Waals surface area contributed by atoms with Crippen molar-refractivity contribution in [2.75, 3.05) is 0 Å². The highest BCUT2D eigenvalue weighted by molar-refractivity contribution is 7.09. The maximum absolute atomic E-state index is 12.3. The van der Waals surface area contributed by atoms with Gasteiger partial charge < -0.3 is 13.8 Å². The van der Waals surface area contributed by atoms with Crippen LogP contribution in [-0.4, -0.2) is 15.7 Å². The molecule has 0 amide bonds. The van der Waals surface area contributed by atoms with Gasteiger partial charge in [-0.25, -0.2) is 4.79 Å². The Morgan fingerprint density at radius 1 is 1.33 bits per heavy atom. The molecule has 126 valence electrons. The number of rotatable bonds is 5. The van der Waals surface area contributed by atoms with Crippen molar-refractivity contribution in [2.45, 2.75) is 39.3 Å². The fourth-order valence-electron chi connectivity index (χ4n) is 2.25. The van der Waals surface area contributed by atoms with Gasteiger partial charge in [-0.15, -0.1) is 11.3 Å². The second kappa shape index (κ2) is 6.65. The first-order valence-electron chi connectivity index (χ1n) is 7.74. The smallest absolute Gasteiger partial charge is 0.355 e. The number of carbonyl (C=O) groups is 1. The molecular formula is C18H20N2O3S. The lowest BCUT2D eigenvalue weighted by atomic mass is 9.93. The lowest BCUT2D eigenvalue weighted by molar-refractivity contribution is 0.0452. The van der Waals surface area contributed by atoms with Gasteiger partial charge in [0, 0.05) is 22.6 Å². The molecular weight excluding hydrogens is 324 g/mol. The van der Waals surface area contributed by atoms with E-state index in [9.17, 15) is 4.79 Å². The first-order chi connectivity index (χ1) is 11.4. The Kier molecular flexibility index (Phi) is 4.57. The Labute approximate surface area is 144 Å². The molecule has 0 fully saturated rings. The van der Waals surface area contributed by atoms with Gasteiger partial charge in [0.05, 0.1) is 6.54 Å². The van der Waals surface area contributed by atoms with E-state index in [1.54, 1.807) is 17.4 Å². The summed E-state index contributed by atoms with van der Waals surface area (Å²) >= 11 is 1.66. The largest absolute Gasteiger partial charge is 0.454 e. The lowest BCUT2D eigenvalue weighted by Crippen LogP contribution is -2.12. The summed E-state index contributed by atoms with van der Waals surface area (Å²) in [5.74, 6) is 0.409. The minimum absolute atomic E-state index is 0.0998. The quantitative estimate of drug-likeness (QED) is 0.650. The molecule has 0 aromatic carbocycles. The van der Waals surface area contributed by atoms with E-state index in [4.69, 9.17) is 9.26 Å². The molecule has 6 heteroatoms. The van der Waals surface area contributed by atoms with Crippen molar-refractivity contribution in [1.29, 1.82) is 0 Å². The molecule has 0 atom stereocenters. The minimum Gasteiger partial charge on any atom is -0.454 e. The normalized spacial score (nSPS) is 11.6. The van der Waals surface area contributed by atoms with Crippen molar-refractivity contribution in [3.05, 3.63) is 63.9 Å². The number of carbonyl (C=O) groups excluding carboxylic acids is 1. The molecule has 0 N–H and O–H groups in total. The third kappa shape index (κ3) is 3.76. The Morgan fingerprint density at radius 3 is 2.83 bits per heavy atom. The van der Waals surface area contributed by atoms with Crippen LogP contribution in [0.2, 0.25) is 0 Å².